The van der Waals surface area contributed by atoms with Gasteiger partial charge in [0, 0.05) is 4.47 Å². The van der Waals surface area contributed by atoms with Gasteiger partial charge >= 0.3 is 12.2 Å². The molecule has 0 aliphatic carbocycles. The van der Waals surface area contributed by atoms with Gasteiger partial charge < -0.3 is 19.1 Å². The molecule has 2 aromatic rings. The molecule has 0 spiro atoms. The average molecular weight is 522 g/mol. The van der Waals surface area contributed by atoms with E-state index in [1.165, 1.54) is 6.33 Å². The molecule has 0 radical (unpaired) electrons. The molecule has 2 aromatic heterocycles. The molecule has 11 heteroatoms. The summed E-state index contributed by atoms with van der Waals surface area (Å²) in [6, 6.07) is 2.36. The highest BCUT2D eigenvalue weighted by Crippen LogP contribution is 2.38. The van der Waals surface area contributed by atoms with Crippen LogP contribution in [0, 0.1) is 0 Å². The van der Waals surface area contributed by atoms with E-state index in [2.05, 4.69) is 30.8 Å². The molecular formula is C22H28BrN5O5. The Kier molecular flexibility index (Phi) is 5.98. The maximum absolute atomic E-state index is 13.1. The number of hydrogen-bond acceptors (Lipinski definition) is 9. The summed E-state index contributed by atoms with van der Waals surface area (Å²) in [4.78, 5) is 42.6. The third-order valence-corrected chi connectivity index (χ3v) is 5.70. The van der Waals surface area contributed by atoms with Gasteiger partial charge in [0.05, 0.1) is 25.3 Å². The van der Waals surface area contributed by atoms with Crippen molar-refractivity contribution < 1.29 is 23.8 Å². The third kappa shape index (κ3) is 4.89. The minimum Gasteiger partial charge on any atom is -0.443 e. The van der Waals surface area contributed by atoms with E-state index in [1.54, 1.807) is 41.5 Å². The van der Waals surface area contributed by atoms with Crippen LogP contribution >= 0.6 is 15.9 Å². The fourth-order valence-corrected chi connectivity index (χ4v) is 4.34. The molecule has 2 aliphatic heterocycles. The molecule has 2 fully saturated rings. The molecule has 2 amide bonds. The van der Waals surface area contributed by atoms with Crippen molar-refractivity contribution in [3.05, 3.63) is 16.9 Å². The summed E-state index contributed by atoms with van der Waals surface area (Å²) in [5, 5.41) is 0. The molecule has 10 nitrogen and oxygen atoms in total. The average Bonchev–Trinajstić information content (AvgIpc) is 2.66. The molecule has 0 aromatic carbocycles. The highest BCUT2D eigenvalue weighted by Gasteiger charge is 2.43. The molecule has 33 heavy (non-hydrogen) atoms. The molecule has 2 atom stereocenters. The number of pyridine rings is 1. The van der Waals surface area contributed by atoms with Gasteiger partial charge in [-0.2, -0.15) is 4.90 Å². The van der Waals surface area contributed by atoms with Crippen LogP contribution in [0.2, 0.25) is 0 Å². The number of rotatable bonds is 2. The van der Waals surface area contributed by atoms with Crippen molar-refractivity contribution in [2.45, 2.75) is 71.2 Å². The summed E-state index contributed by atoms with van der Waals surface area (Å²) < 4.78 is 17.3. The Morgan fingerprint density at radius 3 is 2.12 bits per heavy atom. The first-order valence-corrected chi connectivity index (χ1v) is 11.6. The molecule has 2 unspecified atom stereocenters. The highest BCUT2D eigenvalue weighted by atomic mass is 79.9. The van der Waals surface area contributed by atoms with Crippen LogP contribution in [0.25, 0.3) is 11.0 Å². The fourth-order valence-electron chi connectivity index (χ4n) is 3.85. The Balaban J connectivity index is 1.82. The Labute approximate surface area is 200 Å². The smallest absolute Gasteiger partial charge is 0.425 e. The van der Waals surface area contributed by atoms with Crippen LogP contribution in [-0.4, -0.2) is 63.6 Å². The van der Waals surface area contributed by atoms with Crippen molar-refractivity contribution >= 4 is 50.8 Å². The maximum atomic E-state index is 13.1. The molecule has 0 saturated carbocycles. The van der Waals surface area contributed by atoms with E-state index in [4.69, 9.17) is 19.2 Å². The zero-order chi connectivity index (χ0) is 24.1. The van der Waals surface area contributed by atoms with Crippen molar-refractivity contribution in [2.24, 2.45) is 0 Å². The number of amides is 2. The number of nitrogens with zero attached hydrogens (tertiary/aromatic N) is 5. The molecular weight excluding hydrogens is 494 g/mol. The van der Waals surface area contributed by atoms with E-state index < -0.39 is 23.4 Å². The summed E-state index contributed by atoms with van der Waals surface area (Å²) in [5.74, 6) is 0.691. The number of hydrogen-bond donors (Lipinski definition) is 0. The third-order valence-electron chi connectivity index (χ3n) is 5.09. The van der Waals surface area contributed by atoms with Crippen molar-refractivity contribution in [1.82, 2.24) is 15.0 Å². The van der Waals surface area contributed by atoms with Gasteiger partial charge in [-0.25, -0.2) is 24.5 Å². The van der Waals surface area contributed by atoms with Crippen molar-refractivity contribution in [3.8, 4) is 0 Å². The molecule has 2 bridgehead atoms. The number of anilines is 2. The van der Waals surface area contributed by atoms with Gasteiger partial charge in [-0.3, -0.25) is 0 Å². The van der Waals surface area contributed by atoms with E-state index in [0.717, 1.165) is 11.3 Å². The number of fused-ring (bicyclic) bond motifs is 3. The van der Waals surface area contributed by atoms with Gasteiger partial charge in [0.2, 0.25) is 0 Å². The first kappa shape index (κ1) is 23.6. The maximum Gasteiger partial charge on any atom is 0.425 e. The number of ether oxygens (including phenoxy) is 3. The van der Waals surface area contributed by atoms with Gasteiger partial charge in [0.1, 0.15) is 34.4 Å². The molecule has 4 rings (SSSR count). The Hall–Kier alpha value is -2.53. The van der Waals surface area contributed by atoms with Gasteiger partial charge in [-0.15, -0.1) is 0 Å². The number of morpholine rings is 1. The Morgan fingerprint density at radius 1 is 1.03 bits per heavy atom. The van der Waals surface area contributed by atoms with Crippen LogP contribution in [0.1, 0.15) is 48.0 Å². The van der Waals surface area contributed by atoms with E-state index in [-0.39, 0.29) is 23.4 Å². The Morgan fingerprint density at radius 2 is 1.61 bits per heavy atom. The van der Waals surface area contributed by atoms with E-state index in [9.17, 15) is 9.59 Å². The van der Waals surface area contributed by atoms with E-state index in [0.29, 0.717) is 29.0 Å². The second kappa shape index (κ2) is 8.35. The van der Waals surface area contributed by atoms with Gasteiger partial charge in [0.15, 0.2) is 5.82 Å². The first-order chi connectivity index (χ1) is 15.3. The summed E-state index contributed by atoms with van der Waals surface area (Å²) in [6.45, 7) is 11.6. The van der Waals surface area contributed by atoms with Gasteiger partial charge in [0.25, 0.3) is 0 Å². The predicted octanol–water partition coefficient (Wildman–Crippen LogP) is 4.44. The lowest BCUT2D eigenvalue weighted by atomic mass is 9.91. The zero-order valence-electron chi connectivity index (χ0n) is 19.6. The molecule has 4 heterocycles. The quantitative estimate of drug-likeness (QED) is 0.566. The lowest BCUT2D eigenvalue weighted by Gasteiger charge is -2.53. The lowest BCUT2D eigenvalue weighted by molar-refractivity contribution is 0.00974. The fraction of sp³-hybridized carbons (Fsp3) is 0.591. The van der Waals surface area contributed by atoms with Crippen LogP contribution < -0.4 is 9.80 Å². The molecule has 2 saturated heterocycles. The van der Waals surface area contributed by atoms with Crippen molar-refractivity contribution in [3.63, 3.8) is 0 Å². The predicted molar refractivity (Wildman–Crippen MR) is 125 cm³/mol. The van der Waals surface area contributed by atoms with Crippen molar-refractivity contribution in [1.29, 1.82) is 0 Å². The van der Waals surface area contributed by atoms with Gasteiger partial charge in [-0.05, 0) is 70.0 Å². The number of imide groups is 1. The topological polar surface area (TPSA) is 107 Å². The van der Waals surface area contributed by atoms with Crippen LogP contribution in [0.5, 0.6) is 0 Å². The summed E-state index contributed by atoms with van der Waals surface area (Å²) in [6.07, 6.45) is 0.499. The largest absolute Gasteiger partial charge is 0.443 e. The minimum atomic E-state index is -0.908. The first-order valence-electron chi connectivity index (χ1n) is 10.8. The second-order valence-electron chi connectivity index (χ2n) is 10.1. The number of halogens is 1. The minimum absolute atomic E-state index is 0.00650. The SMILES string of the molecule is CC(C)(C)OC(=O)N(C(=O)OC(C)(C)C)c1ncnc2c(Br)cc(N3C4COCC3C4)nc12. The van der Waals surface area contributed by atoms with E-state index in [1.807, 2.05) is 6.07 Å². The highest BCUT2D eigenvalue weighted by molar-refractivity contribution is 9.10. The number of carbonyl (C=O) groups excluding carboxylic acids is 2. The normalized spacial score (nSPS) is 20.3. The number of aromatic nitrogens is 3. The van der Waals surface area contributed by atoms with E-state index >= 15 is 0 Å². The standard InChI is InChI=1S/C22H28BrN5O5/c1-21(2,3)32-19(29)28(20(30)33-22(4,5)6)18-17-16(24-11-25-18)14(23)8-15(26-17)27-12-7-13(27)10-31-9-12/h8,11-13H,7,9-10H2,1-6H3. The van der Waals surface area contributed by atoms with Crippen LogP contribution in [0.15, 0.2) is 16.9 Å². The second-order valence-corrected chi connectivity index (χ2v) is 11.0. The van der Waals surface area contributed by atoms with Gasteiger partial charge in [-0.1, -0.05) is 0 Å². The summed E-state index contributed by atoms with van der Waals surface area (Å²) in [5.41, 5.74) is -0.935. The summed E-state index contributed by atoms with van der Waals surface area (Å²) in [7, 11) is 0. The number of carbonyl (C=O) groups is 2. The lowest BCUT2D eigenvalue weighted by Crippen LogP contribution is -2.64. The Bertz CT molecular complexity index is 1050. The van der Waals surface area contributed by atoms with Crippen LogP contribution in [-0.2, 0) is 14.2 Å². The molecule has 2 aliphatic rings. The van der Waals surface area contributed by atoms with Crippen LogP contribution in [0.3, 0.4) is 0 Å². The molecule has 178 valence electrons. The van der Waals surface area contributed by atoms with Crippen molar-refractivity contribution in [2.75, 3.05) is 23.0 Å². The summed E-state index contributed by atoms with van der Waals surface area (Å²) >= 11 is 3.57. The molecule has 0 N–H and O–H groups in total. The monoisotopic (exact) mass is 521 g/mol. The zero-order valence-corrected chi connectivity index (χ0v) is 21.2. The van der Waals surface area contributed by atoms with Crippen LogP contribution in [0.4, 0.5) is 21.2 Å².